The maximum absolute atomic E-state index is 12.7. The predicted molar refractivity (Wildman–Crippen MR) is 85.6 cm³/mol. The molecule has 2 saturated carbocycles. The van der Waals surface area contributed by atoms with E-state index in [4.69, 9.17) is 11.6 Å². The molecule has 1 heterocycles. The highest BCUT2D eigenvalue weighted by molar-refractivity contribution is 6.33. The summed E-state index contributed by atoms with van der Waals surface area (Å²) in [7, 11) is 0. The number of benzene rings is 1. The Morgan fingerprint density at radius 3 is 2.26 bits per heavy atom. The van der Waals surface area contributed by atoms with Crippen LogP contribution in [-0.2, 0) is 9.59 Å². The molecule has 5 heteroatoms. The first kappa shape index (κ1) is 13.5. The standard InChI is InChI=1S/C18H15ClN2O2/c19-14-4-2-1-3-9(14)8-20-21-17(22)15-10-5-6-11(13-7-12(10)13)16(15)18(21)23/h1-6,8,10-13,15-16H,7H2/b20-8+/t10-,11-,12-,13-,15+,16+/m1/s1. The molecule has 1 aromatic rings. The summed E-state index contributed by atoms with van der Waals surface area (Å²) in [4.78, 5) is 25.5. The maximum Gasteiger partial charge on any atom is 0.254 e. The molecule has 2 bridgehead atoms. The molecular formula is C18H15ClN2O2. The Hall–Kier alpha value is -1.94. The molecule has 4 nitrogen and oxygen atoms in total. The van der Waals surface area contributed by atoms with E-state index in [0.29, 0.717) is 22.4 Å². The molecule has 4 aliphatic carbocycles. The topological polar surface area (TPSA) is 49.7 Å². The number of halogens is 1. The third kappa shape index (κ3) is 1.75. The van der Waals surface area contributed by atoms with E-state index < -0.39 is 0 Å². The Labute approximate surface area is 138 Å². The molecule has 0 radical (unpaired) electrons. The zero-order valence-corrected chi connectivity index (χ0v) is 13.1. The number of imide groups is 1. The number of hydrogen-bond acceptors (Lipinski definition) is 3. The van der Waals surface area contributed by atoms with Crippen molar-refractivity contribution in [1.82, 2.24) is 5.01 Å². The molecule has 0 N–H and O–H groups in total. The molecule has 5 aliphatic rings. The highest BCUT2D eigenvalue weighted by atomic mass is 35.5. The smallest absolute Gasteiger partial charge is 0.254 e. The van der Waals surface area contributed by atoms with Gasteiger partial charge in [0.1, 0.15) is 0 Å². The van der Waals surface area contributed by atoms with Crippen LogP contribution in [0.2, 0.25) is 5.02 Å². The van der Waals surface area contributed by atoms with Crippen LogP contribution in [0.5, 0.6) is 0 Å². The van der Waals surface area contributed by atoms with Crippen molar-refractivity contribution in [2.45, 2.75) is 6.42 Å². The number of allylic oxidation sites excluding steroid dienone is 2. The lowest BCUT2D eigenvalue weighted by molar-refractivity contribution is -0.140. The van der Waals surface area contributed by atoms with Gasteiger partial charge in [-0.3, -0.25) is 9.59 Å². The lowest BCUT2D eigenvalue weighted by Crippen LogP contribution is -2.40. The molecule has 0 aromatic heterocycles. The first-order valence-electron chi connectivity index (χ1n) is 8.01. The van der Waals surface area contributed by atoms with Gasteiger partial charge in [0.15, 0.2) is 0 Å². The zero-order chi connectivity index (χ0) is 15.7. The van der Waals surface area contributed by atoms with Gasteiger partial charge in [-0.05, 0) is 36.2 Å². The van der Waals surface area contributed by atoms with Crippen molar-refractivity contribution >= 4 is 29.6 Å². The lowest BCUT2D eigenvalue weighted by atomic mass is 9.63. The van der Waals surface area contributed by atoms with Crippen molar-refractivity contribution < 1.29 is 9.59 Å². The molecule has 3 fully saturated rings. The Morgan fingerprint density at radius 1 is 1.04 bits per heavy atom. The lowest BCUT2D eigenvalue weighted by Gasteiger charge is -2.37. The van der Waals surface area contributed by atoms with Crippen LogP contribution < -0.4 is 0 Å². The van der Waals surface area contributed by atoms with Crippen molar-refractivity contribution in [3.8, 4) is 0 Å². The Morgan fingerprint density at radius 2 is 1.65 bits per heavy atom. The molecule has 1 aliphatic heterocycles. The third-order valence-electron chi connectivity index (χ3n) is 5.86. The van der Waals surface area contributed by atoms with Crippen LogP contribution in [0.3, 0.4) is 0 Å². The summed E-state index contributed by atoms with van der Waals surface area (Å²) >= 11 is 6.10. The van der Waals surface area contributed by atoms with E-state index in [-0.39, 0.29) is 35.5 Å². The van der Waals surface area contributed by atoms with E-state index in [1.54, 1.807) is 6.07 Å². The summed E-state index contributed by atoms with van der Waals surface area (Å²) in [5.41, 5.74) is 0.702. The number of rotatable bonds is 2. The quantitative estimate of drug-likeness (QED) is 0.476. The molecule has 0 spiro atoms. The molecule has 116 valence electrons. The molecule has 6 rings (SSSR count). The van der Waals surface area contributed by atoms with Crippen molar-refractivity contribution in [2.24, 2.45) is 40.6 Å². The van der Waals surface area contributed by atoms with Gasteiger partial charge in [-0.25, -0.2) is 0 Å². The normalized spacial score (nSPS) is 40.0. The summed E-state index contributed by atoms with van der Waals surface area (Å²) < 4.78 is 0. The summed E-state index contributed by atoms with van der Waals surface area (Å²) in [5.74, 6) is 0.972. The van der Waals surface area contributed by atoms with E-state index in [1.807, 2.05) is 18.2 Å². The molecule has 1 saturated heterocycles. The maximum atomic E-state index is 12.7. The number of carbonyl (C=O) groups excluding carboxylic acids is 2. The van der Waals surface area contributed by atoms with Crippen LogP contribution in [0.1, 0.15) is 12.0 Å². The van der Waals surface area contributed by atoms with Gasteiger partial charge in [-0.15, -0.1) is 0 Å². The second-order valence-electron chi connectivity index (χ2n) is 6.91. The van der Waals surface area contributed by atoms with Gasteiger partial charge in [-0.2, -0.15) is 10.1 Å². The highest BCUT2D eigenvalue weighted by Crippen LogP contribution is 2.65. The van der Waals surface area contributed by atoms with Crippen LogP contribution in [0.15, 0.2) is 41.5 Å². The highest BCUT2D eigenvalue weighted by Gasteiger charge is 2.67. The van der Waals surface area contributed by atoms with Gasteiger partial charge in [0.05, 0.1) is 18.1 Å². The van der Waals surface area contributed by atoms with Crippen molar-refractivity contribution in [2.75, 3.05) is 0 Å². The summed E-state index contributed by atoms with van der Waals surface area (Å²) in [6, 6.07) is 7.24. The van der Waals surface area contributed by atoms with Crippen LogP contribution in [0.25, 0.3) is 0 Å². The average molecular weight is 327 g/mol. The second-order valence-corrected chi connectivity index (χ2v) is 7.32. The molecule has 0 unspecified atom stereocenters. The number of hydrogen-bond donors (Lipinski definition) is 0. The summed E-state index contributed by atoms with van der Waals surface area (Å²) in [5, 5.41) is 5.81. The van der Waals surface area contributed by atoms with Crippen molar-refractivity contribution in [3.05, 3.63) is 47.0 Å². The van der Waals surface area contributed by atoms with Crippen molar-refractivity contribution in [3.63, 3.8) is 0 Å². The number of nitrogens with zero attached hydrogens (tertiary/aromatic N) is 2. The monoisotopic (exact) mass is 326 g/mol. The minimum atomic E-state index is -0.204. The van der Waals surface area contributed by atoms with Crippen LogP contribution in [-0.4, -0.2) is 23.0 Å². The Bertz CT molecular complexity index is 751. The van der Waals surface area contributed by atoms with E-state index in [1.165, 1.54) is 12.6 Å². The number of carbonyl (C=O) groups is 2. The van der Waals surface area contributed by atoms with Crippen molar-refractivity contribution in [1.29, 1.82) is 0 Å². The number of amides is 2. The van der Waals surface area contributed by atoms with Crippen LogP contribution in [0.4, 0.5) is 0 Å². The van der Waals surface area contributed by atoms with Gasteiger partial charge in [0, 0.05) is 10.6 Å². The van der Waals surface area contributed by atoms with Crippen LogP contribution in [0, 0.1) is 35.5 Å². The SMILES string of the molecule is O=C1[C@H]2[C@@H]3C=C[C@H]([C@H]4C[C@H]34)[C@@H]2C(=O)N1/N=C/c1ccccc1Cl. The minimum Gasteiger partial charge on any atom is -0.272 e. The molecule has 23 heavy (non-hydrogen) atoms. The molecule has 1 aromatic carbocycles. The van der Waals surface area contributed by atoms with Gasteiger partial charge < -0.3 is 0 Å². The molecule has 2 amide bonds. The molecule has 6 atom stereocenters. The Balaban J connectivity index is 1.47. The fraction of sp³-hybridized carbons (Fsp3) is 0.389. The van der Waals surface area contributed by atoms with Gasteiger partial charge >= 0.3 is 0 Å². The fourth-order valence-corrected chi connectivity index (χ4v) is 4.94. The summed E-state index contributed by atoms with van der Waals surface area (Å²) in [6.45, 7) is 0. The van der Waals surface area contributed by atoms with Gasteiger partial charge in [0.25, 0.3) is 11.8 Å². The fourth-order valence-electron chi connectivity index (χ4n) is 4.75. The third-order valence-corrected chi connectivity index (χ3v) is 6.20. The predicted octanol–water partition coefficient (Wildman–Crippen LogP) is 2.73. The van der Waals surface area contributed by atoms with E-state index in [2.05, 4.69) is 17.3 Å². The first-order valence-corrected chi connectivity index (χ1v) is 8.39. The largest absolute Gasteiger partial charge is 0.272 e. The van der Waals surface area contributed by atoms with Gasteiger partial charge in [0.2, 0.25) is 0 Å². The van der Waals surface area contributed by atoms with Gasteiger partial charge in [-0.1, -0.05) is 42.0 Å². The molecular weight excluding hydrogens is 312 g/mol. The first-order chi connectivity index (χ1) is 11.2. The number of hydrazone groups is 1. The second kappa shape index (κ2) is 4.54. The van der Waals surface area contributed by atoms with E-state index >= 15 is 0 Å². The minimum absolute atomic E-state index is 0.145. The van der Waals surface area contributed by atoms with Crippen LogP contribution >= 0.6 is 11.6 Å². The zero-order valence-electron chi connectivity index (χ0n) is 12.3. The summed E-state index contributed by atoms with van der Waals surface area (Å²) in [6.07, 6.45) is 6.99. The Kier molecular flexibility index (Phi) is 2.66. The average Bonchev–Trinajstić information content (AvgIpc) is 3.33. The van der Waals surface area contributed by atoms with E-state index in [9.17, 15) is 9.59 Å². The van der Waals surface area contributed by atoms with E-state index in [0.717, 1.165) is 5.01 Å².